The van der Waals surface area contributed by atoms with Crippen LogP contribution in [0.25, 0.3) is 0 Å². The first kappa shape index (κ1) is 14.8. The summed E-state index contributed by atoms with van der Waals surface area (Å²) in [6, 6.07) is 6.95. The highest BCUT2D eigenvalue weighted by atomic mass is 35.5. The summed E-state index contributed by atoms with van der Waals surface area (Å²) in [7, 11) is 3.16. The van der Waals surface area contributed by atoms with Gasteiger partial charge in [-0.25, -0.2) is 4.79 Å². The quantitative estimate of drug-likeness (QED) is 0.672. The first-order chi connectivity index (χ1) is 9.47. The molecule has 0 bridgehead atoms. The van der Waals surface area contributed by atoms with Crippen LogP contribution in [0.5, 0.6) is 0 Å². The second kappa shape index (κ2) is 5.81. The highest BCUT2D eigenvalue weighted by Crippen LogP contribution is 2.33. The maximum atomic E-state index is 12.1. The first-order valence-electron chi connectivity index (χ1n) is 6.05. The normalized spacial score (nSPS) is 18.9. The van der Waals surface area contributed by atoms with Gasteiger partial charge in [0.05, 0.1) is 18.7 Å². The van der Waals surface area contributed by atoms with E-state index in [0.717, 1.165) is 11.3 Å². The minimum absolute atomic E-state index is 0.394. The third-order valence-electron chi connectivity index (χ3n) is 3.38. The summed E-state index contributed by atoms with van der Waals surface area (Å²) < 4.78 is 4.89. The second-order valence-electron chi connectivity index (χ2n) is 4.45. The van der Waals surface area contributed by atoms with Crippen molar-refractivity contribution in [2.24, 2.45) is 0 Å². The van der Waals surface area contributed by atoms with Crippen molar-refractivity contribution in [2.45, 2.75) is 13.0 Å². The monoisotopic (exact) mass is 310 g/mol. The fourth-order valence-corrected chi connectivity index (χ4v) is 2.65. The number of benzene rings is 1. The molecule has 0 amide bonds. The predicted molar refractivity (Wildman–Crippen MR) is 82.4 cm³/mol. The van der Waals surface area contributed by atoms with Gasteiger partial charge in [0.1, 0.15) is 0 Å². The van der Waals surface area contributed by atoms with Crippen molar-refractivity contribution < 1.29 is 9.53 Å². The topological polar surface area (TPSA) is 41.6 Å². The SMILES string of the molecule is COC(=O)C1=C(C)N(C)C(=S)N[C@@H]1c1ccccc1Cl. The van der Waals surface area contributed by atoms with Crippen molar-refractivity contribution in [3.8, 4) is 0 Å². The fraction of sp³-hybridized carbons (Fsp3) is 0.286. The first-order valence-corrected chi connectivity index (χ1v) is 6.83. The minimum Gasteiger partial charge on any atom is -0.466 e. The standard InChI is InChI=1S/C14H15ClN2O2S/c1-8-11(13(18)19-3)12(16-14(20)17(8)2)9-6-4-5-7-10(9)15/h4-7,12H,1-3H3,(H,16,20)/t12-/m1/s1. The Bertz CT molecular complexity index is 601. The van der Waals surface area contributed by atoms with Gasteiger partial charge >= 0.3 is 5.97 Å². The lowest BCUT2D eigenvalue weighted by molar-refractivity contribution is -0.136. The zero-order chi connectivity index (χ0) is 14.9. The molecule has 106 valence electrons. The van der Waals surface area contributed by atoms with Crippen LogP contribution in [-0.2, 0) is 9.53 Å². The van der Waals surface area contributed by atoms with E-state index in [1.54, 1.807) is 18.0 Å². The van der Waals surface area contributed by atoms with E-state index in [-0.39, 0.29) is 0 Å². The third-order valence-corrected chi connectivity index (χ3v) is 4.11. The summed E-state index contributed by atoms with van der Waals surface area (Å²) in [6.45, 7) is 1.84. The number of allylic oxidation sites excluding steroid dienone is 1. The number of carbonyl (C=O) groups is 1. The fourth-order valence-electron chi connectivity index (χ4n) is 2.15. The maximum absolute atomic E-state index is 12.1. The number of esters is 1. The van der Waals surface area contributed by atoms with Gasteiger partial charge in [0.15, 0.2) is 5.11 Å². The molecule has 0 saturated carbocycles. The molecule has 0 radical (unpaired) electrons. The predicted octanol–water partition coefficient (Wildman–Crippen LogP) is 2.65. The molecule has 0 saturated heterocycles. The van der Waals surface area contributed by atoms with Crippen LogP contribution in [0.3, 0.4) is 0 Å². The Morgan fingerprint density at radius 3 is 2.70 bits per heavy atom. The molecule has 1 N–H and O–H groups in total. The molecular weight excluding hydrogens is 296 g/mol. The largest absolute Gasteiger partial charge is 0.466 e. The summed E-state index contributed by atoms with van der Waals surface area (Å²) in [5.41, 5.74) is 2.06. The number of hydrogen-bond donors (Lipinski definition) is 1. The molecule has 2 rings (SSSR count). The number of halogens is 1. The molecule has 1 aromatic rings. The second-order valence-corrected chi connectivity index (χ2v) is 5.25. The van der Waals surface area contributed by atoms with Gasteiger partial charge in [-0.2, -0.15) is 0 Å². The van der Waals surface area contributed by atoms with Crippen LogP contribution in [0.2, 0.25) is 5.02 Å². The smallest absolute Gasteiger partial charge is 0.337 e. The van der Waals surface area contributed by atoms with Crippen LogP contribution in [-0.4, -0.2) is 30.1 Å². The Hall–Kier alpha value is -1.59. The molecule has 1 aliphatic heterocycles. The summed E-state index contributed by atoms with van der Waals surface area (Å²) in [5, 5.41) is 4.25. The van der Waals surface area contributed by atoms with Gasteiger partial charge < -0.3 is 15.0 Å². The van der Waals surface area contributed by atoms with Gasteiger partial charge in [0.25, 0.3) is 0 Å². The van der Waals surface area contributed by atoms with Crippen LogP contribution in [0.1, 0.15) is 18.5 Å². The molecule has 1 aliphatic rings. The number of rotatable bonds is 2. The molecule has 1 atom stereocenters. The number of hydrogen-bond acceptors (Lipinski definition) is 3. The molecule has 0 aliphatic carbocycles. The maximum Gasteiger partial charge on any atom is 0.337 e. The Balaban J connectivity index is 2.58. The van der Waals surface area contributed by atoms with E-state index in [0.29, 0.717) is 15.7 Å². The van der Waals surface area contributed by atoms with Crippen molar-refractivity contribution in [3.63, 3.8) is 0 Å². The lowest BCUT2D eigenvalue weighted by Crippen LogP contribution is -2.46. The summed E-state index contributed by atoms with van der Waals surface area (Å²) >= 11 is 11.5. The van der Waals surface area contributed by atoms with E-state index in [4.69, 9.17) is 28.6 Å². The average Bonchev–Trinajstić information content (AvgIpc) is 2.44. The molecule has 1 aromatic carbocycles. The molecule has 0 unspecified atom stereocenters. The Labute approximate surface area is 128 Å². The lowest BCUT2D eigenvalue weighted by atomic mass is 9.95. The lowest BCUT2D eigenvalue weighted by Gasteiger charge is -2.35. The van der Waals surface area contributed by atoms with E-state index in [1.807, 2.05) is 25.1 Å². The van der Waals surface area contributed by atoms with Gasteiger partial charge in [-0.15, -0.1) is 0 Å². The number of thiocarbonyl (C=S) groups is 1. The third kappa shape index (κ3) is 2.51. The van der Waals surface area contributed by atoms with Crippen molar-refractivity contribution in [1.29, 1.82) is 0 Å². The van der Waals surface area contributed by atoms with E-state index >= 15 is 0 Å². The summed E-state index contributed by atoms with van der Waals surface area (Å²) in [6.07, 6.45) is 0. The number of ether oxygens (including phenoxy) is 1. The van der Waals surface area contributed by atoms with E-state index in [9.17, 15) is 4.79 Å². The summed E-state index contributed by atoms with van der Waals surface area (Å²) in [4.78, 5) is 13.8. The van der Waals surface area contributed by atoms with Crippen molar-refractivity contribution in [1.82, 2.24) is 10.2 Å². The van der Waals surface area contributed by atoms with Gasteiger partial charge in [0, 0.05) is 17.8 Å². The van der Waals surface area contributed by atoms with Gasteiger partial charge in [-0.3, -0.25) is 0 Å². The minimum atomic E-state index is -0.403. The molecule has 1 heterocycles. The van der Waals surface area contributed by atoms with Crippen LogP contribution in [0, 0.1) is 0 Å². The summed E-state index contributed by atoms with van der Waals surface area (Å²) in [5.74, 6) is -0.394. The zero-order valence-corrected chi connectivity index (χ0v) is 13.0. The highest BCUT2D eigenvalue weighted by molar-refractivity contribution is 7.80. The van der Waals surface area contributed by atoms with Gasteiger partial charge in [0.2, 0.25) is 0 Å². The van der Waals surface area contributed by atoms with E-state index in [2.05, 4.69) is 5.32 Å². The van der Waals surface area contributed by atoms with Crippen LogP contribution in [0.15, 0.2) is 35.5 Å². The molecule has 0 fully saturated rings. The number of nitrogens with zero attached hydrogens (tertiary/aromatic N) is 1. The number of methoxy groups -OCH3 is 1. The van der Waals surface area contributed by atoms with Crippen molar-refractivity contribution in [2.75, 3.05) is 14.2 Å². The average molecular weight is 311 g/mol. The van der Waals surface area contributed by atoms with Crippen molar-refractivity contribution >= 4 is 34.9 Å². The van der Waals surface area contributed by atoms with E-state index in [1.165, 1.54) is 7.11 Å². The number of nitrogens with one attached hydrogen (secondary N) is 1. The zero-order valence-electron chi connectivity index (χ0n) is 11.4. The Kier molecular flexibility index (Phi) is 4.30. The van der Waals surface area contributed by atoms with Crippen LogP contribution in [0.4, 0.5) is 0 Å². The van der Waals surface area contributed by atoms with Gasteiger partial charge in [-0.05, 0) is 30.8 Å². The Morgan fingerprint density at radius 1 is 1.45 bits per heavy atom. The molecule has 0 aromatic heterocycles. The van der Waals surface area contributed by atoms with Gasteiger partial charge in [-0.1, -0.05) is 29.8 Å². The highest BCUT2D eigenvalue weighted by Gasteiger charge is 2.33. The molecule has 4 nitrogen and oxygen atoms in total. The van der Waals surface area contributed by atoms with Crippen molar-refractivity contribution in [3.05, 3.63) is 46.1 Å². The molecule has 0 spiro atoms. The Morgan fingerprint density at radius 2 is 2.10 bits per heavy atom. The van der Waals surface area contributed by atoms with Crippen LogP contribution < -0.4 is 5.32 Å². The number of carbonyl (C=O) groups excluding carboxylic acids is 1. The molecule has 6 heteroatoms. The van der Waals surface area contributed by atoms with E-state index < -0.39 is 12.0 Å². The molecule has 20 heavy (non-hydrogen) atoms. The van der Waals surface area contributed by atoms with Crippen LogP contribution >= 0.6 is 23.8 Å². The molecular formula is C14H15ClN2O2S.